The van der Waals surface area contributed by atoms with Crippen LogP contribution in [-0.4, -0.2) is 21.4 Å². The molecule has 0 aliphatic rings. The van der Waals surface area contributed by atoms with Crippen LogP contribution < -0.4 is 4.74 Å². The van der Waals surface area contributed by atoms with Crippen molar-refractivity contribution in [3.05, 3.63) is 54.1 Å². The lowest BCUT2D eigenvalue weighted by atomic mass is 9.79. The number of ether oxygens (including phenoxy) is 1. The first-order valence-corrected chi connectivity index (χ1v) is 6.57. The molecular weight excluding hydrogens is 297 g/mol. The fourth-order valence-electron chi connectivity index (χ4n) is 2.24. The number of aromatic nitrogens is 2. The van der Waals surface area contributed by atoms with E-state index >= 15 is 0 Å². The molecule has 7 heteroatoms. The molecule has 2 rings (SSSR count). The topological polar surface area (TPSA) is 55.2 Å². The van der Waals surface area contributed by atoms with Crippen LogP contribution >= 0.6 is 0 Å². The van der Waals surface area contributed by atoms with Gasteiger partial charge in [-0.05, 0) is 23.6 Å². The Morgan fingerprint density at radius 1 is 1.00 bits per heavy atom. The first-order valence-electron chi connectivity index (χ1n) is 6.57. The Labute approximate surface area is 125 Å². The predicted octanol–water partition coefficient (Wildman–Crippen LogP) is 3.27. The van der Waals surface area contributed by atoms with Gasteiger partial charge in [0.15, 0.2) is 0 Å². The molecule has 1 aromatic carbocycles. The molecule has 0 aliphatic carbocycles. The van der Waals surface area contributed by atoms with Crippen molar-refractivity contribution >= 4 is 0 Å². The third-order valence-electron chi connectivity index (χ3n) is 3.36. The highest BCUT2D eigenvalue weighted by Gasteiger charge is 2.36. The summed E-state index contributed by atoms with van der Waals surface area (Å²) in [4.78, 5) is 7.76. The standard InChI is InChI=1S/C15H15F3N2O2/c1-10(2)14(21,12-7-19-9-20-8-12)11-3-5-13(6-4-11)22-15(16,17)18/h3-10,21H,1-2H3/t14-/m0/s1. The maximum atomic E-state index is 12.2. The minimum Gasteiger partial charge on any atom is -0.406 e. The lowest BCUT2D eigenvalue weighted by molar-refractivity contribution is -0.274. The van der Waals surface area contributed by atoms with Crippen LogP contribution in [0, 0.1) is 5.92 Å². The second-order valence-corrected chi connectivity index (χ2v) is 5.12. The van der Waals surface area contributed by atoms with E-state index in [0.717, 1.165) is 0 Å². The third-order valence-corrected chi connectivity index (χ3v) is 3.36. The van der Waals surface area contributed by atoms with Gasteiger partial charge in [-0.3, -0.25) is 0 Å². The van der Waals surface area contributed by atoms with Crippen LogP contribution in [0.3, 0.4) is 0 Å². The molecule has 1 aromatic heterocycles. The number of nitrogens with zero attached hydrogens (tertiary/aromatic N) is 2. The Kier molecular flexibility index (Phi) is 4.37. The lowest BCUT2D eigenvalue weighted by Crippen LogP contribution is -2.33. The average Bonchev–Trinajstić information content (AvgIpc) is 2.46. The molecule has 0 radical (unpaired) electrons. The third kappa shape index (κ3) is 3.36. The summed E-state index contributed by atoms with van der Waals surface area (Å²) in [5, 5.41) is 11.0. The van der Waals surface area contributed by atoms with Gasteiger partial charge in [0, 0.05) is 18.0 Å². The van der Waals surface area contributed by atoms with Gasteiger partial charge in [-0.25, -0.2) is 9.97 Å². The van der Waals surface area contributed by atoms with Crippen LogP contribution in [0.5, 0.6) is 5.75 Å². The van der Waals surface area contributed by atoms with Crippen molar-refractivity contribution < 1.29 is 23.0 Å². The molecule has 22 heavy (non-hydrogen) atoms. The van der Waals surface area contributed by atoms with Crippen LogP contribution in [0.4, 0.5) is 13.2 Å². The second-order valence-electron chi connectivity index (χ2n) is 5.12. The summed E-state index contributed by atoms with van der Waals surface area (Å²) in [5.74, 6) is -0.584. The van der Waals surface area contributed by atoms with Crippen molar-refractivity contribution in [3.8, 4) is 5.75 Å². The number of aliphatic hydroxyl groups is 1. The number of hydrogen-bond acceptors (Lipinski definition) is 4. The van der Waals surface area contributed by atoms with Gasteiger partial charge >= 0.3 is 6.36 Å². The molecule has 118 valence electrons. The second kappa shape index (κ2) is 5.92. The summed E-state index contributed by atoms with van der Waals surface area (Å²) in [6, 6.07) is 5.13. The molecule has 1 atom stereocenters. The molecule has 0 saturated heterocycles. The monoisotopic (exact) mass is 312 g/mol. The molecule has 1 N–H and O–H groups in total. The first kappa shape index (κ1) is 16.2. The van der Waals surface area contributed by atoms with Gasteiger partial charge in [0.2, 0.25) is 0 Å². The Morgan fingerprint density at radius 3 is 2.00 bits per heavy atom. The van der Waals surface area contributed by atoms with E-state index in [1.807, 2.05) is 0 Å². The zero-order valence-electron chi connectivity index (χ0n) is 12.0. The summed E-state index contributed by atoms with van der Waals surface area (Å²) in [6.07, 6.45) is -0.450. The number of benzene rings is 1. The molecule has 0 unspecified atom stereocenters. The van der Waals surface area contributed by atoms with Crippen molar-refractivity contribution in [1.29, 1.82) is 0 Å². The van der Waals surface area contributed by atoms with E-state index in [9.17, 15) is 18.3 Å². The summed E-state index contributed by atoms with van der Waals surface area (Å²) < 4.78 is 40.4. The van der Waals surface area contributed by atoms with E-state index in [4.69, 9.17) is 0 Å². The summed E-state index contributed by atoms with van der Waals surface area (Å²) in [5.41, 5.74) is -0.501. The Hall–Kier alpha value is -2.15. The van der Waals surface area contributed by atoms with Crippen molar-refractivity contribution in [2.45, 2.75) is 25.8 Å². The summed E-state index contributed by atoms with van der Waals surface area (Å²) in [6.45, 7) is 3.60. The normalized spacial score (nSPS) is 14.7. The highest BCUT2D eigenvalue weighted by molar-refractivity contribution is 5.37. The average molecular weight is 312 g/mol. The minimum absolute atomic E-state index is 0.243. The Bertz CT molecular complexity index is 615. The highest BCUT2D eigenvalue weighted by Crippen LogP contribution is 2.37. The van der Waals surface area contributed by atoms with E-state index in [-0.39, 0.29) is 11.7 Å². The number of halogens is 3. The van der Waals surface area contributed by atoms with Crippen LogP contribution in [0.15, 0.2) is 43.0 Å². The number of alkyl halides is 3. The number of hydrogen-bond donors (Lipinski definition) is 1. The fraction of sp³-hybridized carbons (Fsp3) is 0.333. The largest absolute Gasteiger partial charge is 0.573 e. The quantitative estimate of drug-likeness (QED) is 0.941. The molecule has 0 saturated carbocycles. The first-order chi connectivity index (χ1) is 10.2. The van der Waals surface area contributed by atoms with Gasteiger partial charge in [0.1, 0.15) is 17.7 Å². The molecule has 1 heterocycles. The zero-order valence-corrected chi connectivity index (χ0v) is 12.0. The van der Waals surface area contributed by atoms with Gasteiger partial charge < -0.3 is 9.84 Å². The molecule has 0 fully saturated rings. The van der Waals surface area contributed by atoms with Crippen LogP contribution in [0.1, 0.15) is 25.0 Å². The molecule has 4 nitrogen and oxygen atoms in total. The molecular formula is C15H15F3N2O2. The molecule has 0 bridgehead atoms. The molecule has 0 spiro atoms. The van der Waals surface area contributed by atoms with E-state index in [2.05, 4.69) is 14.7 Å². The molecule has 2 aromatic rings. The van der Waals surface area contributed by atoms with Gasteiger partial charge in [0.05, 0.1) is 0 Å². The fourth-order valence-corrected chi connectivity index (χ4v) is 2.24. The highest BCUT2D eigenvalue weighted by atomic mass is 19.4. The SMILES string of the molecule is CC(C)[C@](O)(c1ccc(OC(F)(F)F)cc1)c1cncnc1. The van der Waals surface area contributed by atoms with Crippen molar-refractivity contribution in [1.82, 2.24) is 9.97 Å². The summed E-state index contributed by atoms with van der Waals surface area (Å²) >= 11 is 0. The van der Waals surface area contributed by atoms with Gasteiger partial charge in [0.25, 0.3) is 0 Å². The predicted molar refractivity (Wildman–Crippen MR) is 73.0 cm³/mol. The zero-order chi connectivity index (χ0) is 16.4. The van der Waals surface area contributed by atoms with Gasteiger partial charge in [-0.15, -0.1) is 13.2 Å². The summed E-state index contributed by atoms with van der Waals surface area (Å²) in [7, 11) is 0. The maximum Gasteiger partial charge on any atom is 0.573 e. The van der Waals surface area contributed by atoms with Crippen molar-refractivity contribution in [3.63, 3.8) is 0 Å². The Balaban J connectivity index is 2.38. The van der Waals surface area contributed by atoms with E-state index in [1.165, 1.54) is 43.0 Å². The molecule has 0 amide bonds. The van der Waals surface area contributed by atoms with E-state index in [0.29, 0.717) is 11.1 Å². The minimum atomic E-state index is -4.75. The smallest absolute Gasteiger partial charge is 0.406 e. The van der Waals surface area contributed by atoms with Crippen molar-refractivity contribution in [2.75, 3.05) is 0 Å². The van der Waals surface area contributed by atoms with Crippen molar-refractivity contribution in [2.24, 2.45) is 5.92 Å². The van der Waals surface area contributed by atoms with Gasteiger partial charge in [-0.2, -0.15) is 0 Å². The van der Waals surface area contributed by atoms with E-state index < -0.39 is 12.0 Å². The Morgan fingerprint density at radius 2 is 1.55 bits per heavy atom. The lowest BCUT2D eigenvalue weighted by Gasteiger charge is -2.32. The van der Waals surface area contributed by atoms with Crippen LogP contribution in [0.25, 0.3) is 0 Å². The maximum absolute atomic E-state index is 12.2. The van der Waals surface area contributed by atoms with Gasteiger partial charge in [-0.1, -0.05) is 26.0 Å². The molecule has 0 aliphatic heterocycles. The van der Waals surface area contributed by atoms with Crippen LogP contribution in [0.2, 0.25) is 0 Å². The van der Waals surface area contributed by atoms with Crippen LogP contribution in [-0.2, 0) is 5.60 Å². The number of rotatable bonds is 4. The van der Waals surface area contributed by atoms with E-state index in [1.54, 1.807) is 13.8 Å².